The number of fused-ring (bicyclic) bond motifs is 1. The van der Waals surface area contributed by atoms with Crippen molar-refractivity contribution in [3.8, 4) is 11.5 Å². The van der Waals surface area contributed by atoms with Gasteiger partial charge in [0.05, 0.1) is 29.0 Å². The molecule has 1 fully saturated rings. The van der Waals surface area contributed by atoms with E-state index >= 15 is 0 Å². The Labute approximate surface area is 293 Å². The number of carbonyl (C=O) groups is 1. The molecule has 5 aromatic carbocycles. The van der Waals surface area contributed by atoms with Crippen LogP contribution in [0, 0.1) is 5.92 Å². The Balaban J connectivity index is 1.04. The molecule has 1 aliphatic heterocycles. The van der Waals surface area contributed by atoms with E-state index in [-0.39, 0.29) is 30.8 Å². The highest BCUT2D eigenvalue weighted by molar-refractivity contribution is 8.01. The summed E-state index contributed by atoms with van der Waals surface area (Å²) < 4.78 is 21.3. The largest absolute Gasteiger partial charge is 0.457 e. The number of nitrogens with zero attached hydrogens (tertiary/aromatic N) is 1. The van der Waals surface area contributed by atoms with Gasteiger partial charge in [-0.2, -0.15) is 0 Å². The van der Waals surface area contributed by atoms with Gasteiger partial charge in [-0.1, -0.05) is 85.4 Å². The normalized spacial score (nSPS) is 19.0. The zero-order valence-electron chi connectivity index (χ0n) is 26.7. The van der Waals surface area contributed by atoms with Crippen molar-refractivity contribution in [2.75, 3.05) is 16.4 Å². The van der Waals surface area contributed by atoms with Gasteiger partial charge >= 0.3 is 6.03 Å². The van der Waals surface area contributed by atoms with Crippen molar-refractivity contribution in [2.24, 2.45) is 5.92 Å². The second-order valence-electron chi connectivity index (χ2n) is 11.7. The second kappa shape index (κ2) is 15.2. The Morgan fingerprint density at radius 2 is 1.55 bits per heavy atom. The maximum atomic E-state index is 13.0. The van der Waals surface area contributed by atoms with E-state index in [4.69, 9.17) is 19.2 Å². The summed E-state index contributed by atoms with van der Waals surface area (Å²) in [5, 5.41) is 15.4. The van der Waals surface area contributed by atoms with E-state index in [9.17, 15) is 9.90 Å². The number of thiazole rings is 1. The third kappa shape index (κ3) is 8.13. The molecule has 0 bridgehead atoms. The first-order valence-corrected chi connectivity index (χ1v) is 17.8. The number of aromatic nitrogens is 1. The Bertz CT molecular complexity index is 1970. The van der Waals surface area contributed by atoms with E-state index in [1.807, 2.05) is 97.1 Å². The zero-order valence-corrected chi connectivity index (χ0v) is 28.3. The van der Waals surface area contributed by atoms with Gasteiger partial charge < -0.3 is 30.0 Å². The molecule has 7 rings (SSSR count). The number of rotatable bonds is 10. The lowest BCUT2D eigenvalue weighted by Crippen LogP contribution is -2.38. The Morgan fingerprint density at radius 3 is 2.33 bits per heavy atom. The van der Waals surface area contributed by atoms with Crippen LogP contribution in [0.15, 0.2) is 132 Å². The number of benzene rings is 5. The third-order valence-corrected chi connectivity index (χ3v) is 10.5. The quantitative estimate of drug-likeness (QED) is 0.123. The molecular weight excluding hydrogens is 655 g/mol. The van der Waals surface area contributed by atoms with Crippen LogP contribution in [0.3, 0.4) is 0 Å². The molecule has 49 heavy (non-hydrogen) atoms. The molecule has 1 aliphatic rings. The van der Waals surface area contributed by atoms with E-state index < -0.39 is 6.29 Å². The van der Waals surface area contributed by atoms with E-state index in [1.165, 1.54) is 0 Å². The molecule has 1 aromatic heterocycles. The van der Waals surface area contributed by atoms with Crippen LogP contribution < -0.4 is 15.4 Å². The van der Waals surface area contributed by atoms with Gasteiger partial charge in [0, 0.05) is 28.6 Å². The number of nitrogens with one attached hydrogen (secondary N) is 2. The van der Waals surface area contributed by atoms with Crippen LogP contribution in [0.5, 0.6) is 11.5 Å². The Hall–Kier alpha value is -4.71. The number of aliphatic hydroxyl groups is 1. The monoisotopic (exact) mass is 689 g/mol. The lowest BCUT2D eigenvalue weighted by Gasteiger charge is -2.41. The van der Waals surface area contributed by atoms with Crippen molar-refractivity contribution in [1.29, 1.82) is 0 Å². The number of hydrogen-bond donors (Lipinski definition) is 3. The maximum Gasteiger partial charge on any atom is 0.323 e. The first kappa shape index (κ1) is 32.8. The van der Waals surface area contributed by atoms with E-state index in [2.05, 4.69) is 23.6 Å². The van der Waals surface area contributed by atoms with Gasteiger partial charge in [-0.25, -0.2) is 9.78 Å². The molecule has 0 unspecified atom stereocenters. The standard InChI is InChI=1S/C39H35N3O5S2/c1-25-34(24-48-39-42-33-12-5-6-13-35(33)49-39)46-37(47-36(25)27-16-14-26(23-43)15-17-27)28-8-7-9-30(22-28)41-38(44)40-29-18-20-32(21-19-29)45-31-10-3-2-4-11-31/h2-22,25,34,36-37,43H,23-24H2,1H3,(H2,40,41,44)/t25-,34+,36+,37+/m0/s1. The first-order chi connectivity index (χ1) is 24.0. The summed E-state index contributed by atoms with van der Waals surface area (Å²) in [6.07, 6.45) is -1.06. The summed E-state index contributed by atoms with van der Waals surface area (Å²) in [7, 11) is 0. The number of ether oxygens (including phenoxy) is 3. The van der Waals surface area contributed by atoms with Gasteiger partial charge in [-0.3, -0.25) is 0 Å². The predicted molar refractivity (Wildman–Crippen MR) is 195 cm³/mol. The number of amides is 2. The molecular formula is C39H35N3O5S2. The highest BCUT2D eigenvalue weighted by Crippen LogP contribution is 2.44. The van der Waals surface area contributed by atoms with Crippen LogP contribution in [-0.4, -0.2) is 28.0 Å². The Morgan fingerprint density at radius 1 is 0.816 bits per heavy atom. The minimum absolute atomic E-state index is 0.0180. The highest BCUT2D eigenvalue weighted by Gasteiger charge is 2.38. The number of thioether (sulfide) groups is 1. The van der Waals surface area contributed by atoms with Gasteiger partial charge in [0.25, 0.3) is 0 Å². The fourth-order valence-electron chi connectivity index (χ4n) is 5.66. The van der Waals surface area contributed by atoms with Crippen LogP contribution >= 0.6 is 23.1 Å². The van der Waals surface area contributed by atoms with Gasteiger partial charge in [-0.15, -0.1) is 11.3 Å². The summed E-state index contributed by atoms with van der Waals surface area (Å²) in [6.45, 7) is 2.13. The summed E-state index contributed by atoms with van der Waals surface area (Å²) in [6, 6.07) is 39.9. The van der Waals surface area contributed by atoms with Crippen LogP contribution in [0.25, 0.3) is 10.2 Å². The molecule has 6 aromatic rings. The van der Waals surface area contributed by atoms with Gasteiger partial charge in [0.1, 0.15) is 11.5 Å². The minimum atomic E-state index is -0.665. The molecule has 8 nitrogen and oxygen atoms in total. The van der Waals surface area contributed by atoms with Crippen molar-refractivity contribution < 1.29 is 24.1 Å². The number of anilines is 2. The van der Waals surface area contributed by atoms with E-state index in [0.717, 1.165) is 37.0 Å². The molecule has 0 saturated carbocycles. The molecule has 3 N–H and O–H groups in total. The summed E-state index contributed by atoms with van der Waals surface area (Å²) in [5.41, 5.74) is 4.88. The fourth-order valence-corrected chi connectivity index (χ4v) is 7.92. The molecule has 2 amide bonds. The number of aliphatic hydroxyl groups excluding tert-OH is 1. The van der Waals surface area contributed by atoms with Crippen LogP contribution in [-0.2, 0) is 16.1 Å². The number of urea groups is 1. The summed E-state index contributed by atoms with van der Waals surface area (Å²) in [5.74, 6) is 2.15. The molecule has 0 radical (unpaired) electrons. The van der Waals surface area contributed by atoms with Crippen molar-refractivity contribution in [3.63, 3.8) is 0 Å². The summed E-state index contributed by atoms with van der Waals surface area (Å²) >= 11 is 3.37. The molecule has 0 aliphatic carbocycles. The number of para-hydroxylation sites is 2. The van der Waals surface area contributed by atoms with Gasteiger partial charge in [0.15, 0.2) is 10.6 Å². The molecule has 248 valence electrons. The average Bonchev–Trinajstić information content (AvgIpc) is 3.56. The van der Waals surface area contributed by atoms with Crippen molar-refractivity contribution in [3.05, 3.63) is 144 Å². The van der Waals surface area contributed by atoms with Crippen molar-refractivity contribution >= 4 is 50.7 Å². The maximum absolute atomic E-state index is 13.0. The fraction of sp³-hybridized carbons (Fsp3) is 0.179. The average molecular weight is 690 g/mol. The van der Waals surface area contributed by atoms with Crippen molar-refractivity contribution in [2.45, 2.75) is 36.4 Å². The van der Waals surface area contributed by atoms with Gasteiger partial charge in [0.2, 0.25) is 0 Å². The van der Waals surface area contributed by atoms with E-state index in [0.29, 0.717) is 22.9 Å². The molecule has 2 heterocycles. The highest BCUT2D eigenvalue weighted by atomic mass is 32.2. The third-order valence-electron chi connectivity index (χ3n) is 8.28. The first-order valence-electron chi connectivity index (χ1n) is 16.0. The number of carbonyl (C=O) groups excluding carboxylic acids is 1. The second-order valence-corrected chi connectivity index (χ2v) is 14.0. The van der Waals surface area contributed by atoms with Gasteiger partial charge in [-0.05, 0) is 71.8 Å². The smallest absolute Gasteiger partial charge is 0.323 e. The predicted octanol–water partition coefficient (Wildman–Crippen LogP) is 9.81. The number of hydrogen-bond acceptors (Lipinski definition) is 8. The molecule has 0 spiro atoms. The SMILES string of the molecule is C[C@H]1[C@@H](CSc2nc3ccccc3s2)O[C@@H](c2cccc(NC(=O)Nc3ccc(Oc4ccccc4)cc3)c2)O[C@H]1c1ccc(CO)cc1. The van der Waals surface area contributed by atoms with Crippen molar-refractivity contribution in [1.82, 2.24) is 4.98 Å². The van der Waals surface area contributed by atoms with Crippen LogP contribution in [0.1, 0.15) is 36.0 Å². The molecule has 10 heteroatoms. The molecule has 4 atom stereocenters. The summed E-state index contributed by atoms with van der Waals surface area (Å²) in [4.78, 5) is 17.8. The zero-order chi connectivity index (χ0) is 33.6. The Kier molecular flexibility index (Phi) is 10.2. The topological polar surface area (TPSA) is 102 Å². The molecule has 1 saturated heterocycles. The minimum Gasteiger partial charge on any atom is -0.457 e. The lowest BCUT2D eigenvalue weighted by atomic mass is 9.91. The van der Waals surface area contributed by atoms with Crippen LogP contribution in [0.2, 0.25) is 0 Å². The van der Waals surface area contributed by atoms with Crippen LogP contribution in [0.4, 0.5) is 16.2 Å². The lowest BCUT2D eigenvalue weighted by molar-refractivity contribution is -0.268. The van der Waals surface area contributed by atoms with E-state index in [1.54, 1.807) is 47.4 Å².